The van der Waals surface area contributed by atoms with Crippen molar-refractivity contribution in [2.75, 3.05) is 27.4 Å². The molecule has 0 aliphatic heterocycles. The second-order valence-electron chi connectivity index (χ2n) is 4.68. The Balaban J connectivity index is 2.62. The van der Waals surface area contributed by atoms with Crippen LogP contribution in [0.2, 0.25) is 0 Å². The summed E-state index contributed by atoms with van der Waals surface area (Å²) in [6.45, 7) is 3.98. The first kappa shape index (κ1) is 17.0. The van der Waals surface area contributed by atoms with E-state index in [0.29, 0.717) is 17.9 Å². The summed E-state index contributed by atoms with van der Waals surface area (Å²) in [5.41, 5.74) is 1.21. The zero-order chi connectivity index (χ0) is 15.8. The van der Waals surface area contributed by atoms with E-state index >= 15 is 0 Å². The van der Waals surface area contributed by atoms with Gasteiger partial charge in [0.15, 0.2) is 6.61 Å². The fourth-order valence-corrected chi connectivity index (χ4v) is 1.75. The van der Waals surface area contributed by atoms with E-state index in [0.717, 1.165) is 5.56 Å². The van der Waals surface area contributed by atoms with Gasteiger partial charge in [0, 0.05) is 13.2 Å². The van der Waals surface area contributed by atoms with Crippen molar-refractivity contribution in [2.24, 2.45) is 0 Å². The molecule has 0 fully saturated rings. The maximum atomic E-state index is 11.7. The average molecular weight is 295 g/mol. The van der Waals surface area contributed by atoms with Gasteiger partial charge >= 0.3 is 5.97 Å². The van der Waals surface area contributed by atoms with Gasteiger partial charge in [-0.25, -0.2) is 4.79 Å². The Morgan fingerprint density at radius 1 is 1.29 bits per heavy atom. The number of aryl methyl sites for hydroxylation is 1. The molecule has 1 amide bonds. The van der Waals surface area contributed by atoms with Crippen LogP contribution in [0.3, 0.4) is 0 Å². The number of hydrogen-bond donors (Lipinski definition) is 1. The van der Waals surface area contributed by atoms with E-state index in [4.69, 9.17) is 9.47 Å². The SMILES string of the molecule is COC[C@@H](C)NC(=O)COc1cc(C(=O)OC)ccc1C. The highest BCUT2D eigenvalue weighted by Gasteiger charge is 2.11. The van der Waals surface area contributed by atoms with E-state index in [1.165, 1.54) is 7.11 Å². The number of carbonyl (C=O) groups is 2. The number of esters is 1. The summed E-state index contributed by atoms with van der Waals surface area (Å²) in [5, 5.41) is 2.74. The number of amides is 1. The molecule has 0 unspecified atom stereocenters. The van der Waals surface area contributed by atoms with Gasteiger partial charge in [-0.2, -0.15) is 0 Å². The van der Waals surface area contributed by atoms with Crippen molar-refractivity contribution < 1.29 is 23.8 Å². The van der Waals surface area contributed by atoms with Crippen molar-refractivity contribution in [2.45, 2.75) is 19.9 Å². The quantitative estimate of drug-likeness (QED) is 0.768. The van der Waals surface area contributed by atoms with Gasteiger partial charge in [0.2, 0.25) is 0 Å². The van der Waals surface area contributed by atoms with Crippen molar-refractivity contribution >= 4 is 11.9 Å². The molecule has 0 spiro atoms. The number of rotatable bonds is 7. The first-order valence-corrected chi connectivity index (χ1v) is 6.58. The predicted octanol–water partition coefficient (Wildman–Crippen LogP) is 1.31. The minimum atomic E-state index is -0.446. The molecule has 6 heteroatoms. The van der Waals surface area contributed by atoms with E-state index in [9.17, 15) is 9.59 Å². The van der Waals surface area contributed by atoms with Gasteiger partial charge in [-0.15, -0.1) is 0 Å². The molecule has 0 aromatic heterocycles. The summed E-state index contributed by atoms with van der Waals surface area (Å²) in [5.74, 6) is -0.215. The van der Waals surface area contributed by atoms with Gasteiger partial charge in [0.05, 0.1) is 19.3 Å². The Morgan fingerprint density at radius 2 is 2.00 bits per heavy atom. The number of carbonyl (C=O) groups excluding carboxylic acids is 2. The molecule has 0 radical (unpaired) electrons. The van der Waals surface area contributed by atoms with Gasteiger partial charge in [0.25, 0.3) is 5.91 Å². The second kappa shape index (κ2) is 8.26. The minimum Gasteiger partial charge on any atom is -0.483 e. The standard InChI is InChI=1S/C15H21NO5/c1-10-5-6-12(15(18)20-4)7-13(10)21-9-14(17)16-11(2)8-19-3/h5-7,11H,8-9H2,1-4H3,(H,16,17)/t11-/m1/s1. The van der Waals surface area contributed by atoms with Crippen LogP contribution in [0.15, 0.2) is 18.2 Å². The summed E-state index contributed by atoms with van der Waals surface area (Å²) in [6.07, 6.45) is 0. The average Bonchev–Trinajstić information content (AvgIpc) is 2.45. The van der Waals surface area contributed by atoms with Crippen LogP contribution in [0.5, 0.6) is 5.75 Å². The molecule has 0 aliphatic rings. The lowest BCUT2D eigenvalue weighted by Crippen LogP contribution is -2.38. The van der Waals surface area contributed by atoms with Crippen LogP contribution in [0, 0.1) is 6.92 Å². The Bertz CT molecular complexity index is 501. The monoisotopic (exact) mass is 295 g/mol. The molecule has 0 aliphatic carbocycles. The predicted molar refractivity (Wildman–Crippen MR) is 77.5 cm³/mol. The largest absolute Gasteiger partial charge is 0.483 e. The topological polar surface area (TPSA) is 73.9 Å². The molecular weight excluding hydrogens is 274 g/mol. The van der Waals surface area contributed by atoms with Crippen LogP contribution in [0.4, 0.5) is 0 Å². The fourth-order valence-electron chi connectivity index (χ4n) is 1.75. The molecular formula is C15H21NO5. The third kappa shape index (κ3) is 5.43. The molecule has 1 rings (SSSR count). The minimum absolute atomic E-state index is 0.0893. The highest BCUT2D eigenvalue weighted by Crippen LogP contribution is 2.20. The van der Waals surface area contributed by atoms with Gasteiger partial charge in [-0.1, -0.05) is 6.07 Å². The molecule has 0 heterocycles. The van der Waals surface area contributed by atoms with Crippen molar-refractivity contribution in [3.8, 4) is 5.75 Å². The zero-order valence-corrected chi connectivity index (χ0v) is 12.8. The smallest absolute Gasteiger partial charge is 0.337 e. The molecule has 0 saturated carbocycles. The maximum Gasteiger partial charge on any atom is 0.337 e. The van der Waals surface area contributed by atoms with Crippen LogP contribution < -0.4 is 10.1 Å². The van der Waals surface area contributed by atoms with Crippen LogP contribution in [0.25, 0.3) is 0 Å². The normalized spacial score (nSPS) is 11.6. The molecule has 1 atom stereocenters. The van der Waals surface area contributed by atoms with Crippen LogP contribution in [0.1, 0.15) is 22.8 Å². The molecule has 21 heavy (non-hydrogen) atoms. The van der Waals surface area contributed by atoms with Crippen molar-refractivity contribution in [1.29, 1.82) is 0 Å². The van der Waals surface area contributed by atoms with Crippen LogP contribution >= 0.6 is 0 Å². The lowest BCUT2D eigenvalue weighted by molar-refractivity contribution is -0.124. The van der Waals surface area contributed by atoms with Gasteiger partial charge in [0.1, 0.15) is 5.75 Å². The molecule has 6 nitrogen and oxygen atoms in total. The van der Waals surface area contributed by atoms with Crippen molar-refractivity contribution in [3.05, 3.63) is 29.3 Å². The van der Waals surface area contributed by atoms with E-state index < -0.39 is 5.97 Å². The maximum absolute atomic E-state index is 11.7. The number of nitrogens with one attached hydrogen (secondary N) is 1. The Morgan fingerprint density at radius 3 is 2.62 bits per heavy atom. The molecule has 0 bridgehead atoms. The van der Waals surface area contributed by atoms with Crippen molar-refractivity contribution in [3.63, 3.8) is 0 Å². The number of hydrogen-bond acceptors (Lipinski definition) is 5. The van der Waals surface area contributed by atoms with Gasteiger partial charge in [-0.05, 0) is 31.5 Å². The van der Waals surface area contributed by atoms with Crippen LogP contribution in [-0.4, -0.2) is 45.4 Å². The van der Waals surface area contributed by atoms with E-state index in [1.54, 1.807) is 25.3 Å². The third-order valence-electron chi connectivity index (χ3n) is 2.79. The third-order valence-corrected chi connectivity index (χ3v) is 2.79. The summed E-state index contributed by atoms with van der Waals surface area (Å²) in [4.78, 5) is 23.2. The summed E-state index contributed by atoms with van der Waals surface area (Å²) < 4.78 is 15.0. The van der Waals surface area contributed by atoms with E-state index in [-0.39, 0.29) is 18.6 Å². The first-order valence-electron chi connectivity index (χ1n) is 6.58. The number of methoxy groups -OCH3 is 2. The molecule has 0 saturated heterocycles. The number of benzene rings is 1. The van der Waals surface area contributed by atoms with E-state index in [1.807, 2.05) is 13.8 Å². The Hall–Kier alpha value is -2.08. The second-order valence-corrected chi connectivity index (χ2v) is 4.68. The lowest BCUT2D eigenvalue weighted by Gasteiger charge is -2.14. The molecule has 1 aromatic carbocycles. The molecule has 1 aromatic rings. The highest BCUT2D eigenvalue weighted by atomic mass is 16.5. The highest BCUT2D eigenvalue weighted by molar-refractivity contribution is 5.90. The Labute approximate surface area is 124 Å². The van der Waals surface area contributed by atoms with Gasteiger partial charge < -0.3 is 19.5 Å². The van der Waals surface area contributed by atoms with Crippen LogP contribution in [-0.2, 0) is 14.3 Å². The van der Waals surface area contributed by atoms with E-state index in [2.05, 4.69) is 10.1 Å². The first-order chi connectivity index (χ1) is 9.97. The number of ether oxygens (including phenoxy) is 3. The molecule has 116 valence electrons. The molecule has 1 N–H and O–H groups in total. The van der Waals surface area contributed by atoms with Crippen molar-refractivity contribution in [1.82, 2.24) is 5.32 Å². The summed E-state index contributed by atoms with van der Waals surface area (Å²) in [7, 11) is 2.88. The zero-order valence-electron chi connectivity index (χ0n) is 12.8. The summed E-state index contributed by atoms with van der Waals surface area (Å²) in [6, 6.07) is 4.86. The van der Waals surface area contributed by atoms with Gasteiger partial charge in [-0.3, -0.25) is 4.79 Å². The fraction of sp³-hybridized carbons (Fsp3) is 0.467. The lowest BCUT2D eigenvalue weighted by atomic mass is 10.1. The summed E-state index contributed by atoms with van der Waals surface area (Å²) >= 11 is 0. The Kier molecular flexibility index (Phi) is 6.68.